The van der Waals surface area contributed by atoms with Crippen LogP contribution in [0.25, 0.3) is 0 Å². The van der Waals surface area contributed by atoms with Crippen LogP contribution in [0.15, 0.2) is 60.8 Å². The third-order valence-electron chi connectivity index (χ3n) is 14.5. The van der Waals surface area contributed by atoms with Gasteiger partial charge in [-0.05, 0) is 109 Å². The Kier molecular flexibility index (Phi) is 61.2. The van der Waals surface area contributed by atoms with Gasteiger partial charge in [0.15, 0.2) is 6.10 Å². The maximum absolute atomic E-state index is 12.9. The summed E-state index contributed by atoms with van der Waals surface area (Å²) in [6.07, 6.45) is 80.7. The number of rotatable bonds is 60. The molecule has 0 spiro atoms. The van der Waals surface area contributed by atoms with Crippen LogP contribution >= 0.6 is 0 Å². The zero-order valence-corrected chi connectivity index (χ0v) is 50.1. The van der Waals surface area contributed by atoms with Gasteiger partial charge in [0, 0.05) is 19.3 Å². The van der Waals surface area contributed by atoms with Crippen LogP contribution in [0.1, 0.15) is 342 Å². The van der Waals surface area contributed by atoms with E-state index in [1.165, 1.54) is 225 Å². The third-order valence-corrected chi connectivity index (χ3v) is 14.5. The van der Waals surface area contributed by atoms with Gasteiger partial charge in [-0.3, -0.25) is 14.4 Å². The number of hydrogen-bond donors (Lipinski definition) is 0. The Labute approximate surface area is 466 Å². The number of allylic oxidation sites excluding steroid dienone is 10. The lowest BCUT2D eigenvalue weighted by molar-refractivity contribution is -0.167. The van der Waals surface area contributed by atoms with Gasteiger partial charge in [0.25, 0.3) is 0 Å². The Hall–Kier alpha value is -2.89. The van der Waals surface area contributed by atoms with Gasteiger partial charge in [0.2, 0.25) is 0 Å². The summed E-state index contributed by atoms with van der Waals surface area (Å²) in [7, 11) is 0. The average Bonchev–Trinajstić information content (AvgIpc) is 3.41. The minimum absolute atomic E-state index is 0.0784. The van der Waals surface area contributed by atoms with Gasteiger partial charge >= 0.3 is 17.9 Å². The van der Waals surface area contributed by atoms with Crippen molar-refractivity contribution in [3.8, 4) is 0 Å². The van der Waals surface area contributed by atoms with E-state index >= 15 is 0 Å². The summed E-state index contributed by atoms with van der Waals surface area (Å²) < 4.78 is 17.0. The first-order valence-corrected chi connectivity index (χ1v) is 32.8. The van der Waals surface area contributed by atoms with Crippen molar-refractivity contribution >= 4 is 17.9 Å². The van der Waals surface area contributed by atoms with Crippen LogP contribution in [0.5, 0.6) is 0 Å². The van der Waals surface area contributed by atoms with E-state index < -0.39 is 6.10 Å². The molecule has 0 aliphatic rings. The first-order chi connectivity index (χ1) is 37.0. The van der Waals surface area contributed by atoms with Crippen LogP contribution in [0.2, 0.25) is 0 Å². The molecule has 0 amide bonds. The molecule has 0 radical (unpaired) electrons. The standard InChI is InChI=1S/C69H124O6/c1-4-7-10-13-16-19-22-25-28-31-34-37-40-43-46-49-52-55-58-61-67(70)73-64-66(75-69(72)63-60-57-54-51-48-45-42-39-36-33-30-27-24-21-18-15-12-9-6-3)65-74-68(71)62-59-56-53-50-47-44-41-38-35-32-29-26-23-20-17-14-11-8-5-2/h16,19,25-30,34,37,66H,4-15,17-18,20-24,31-33,35-36,38-65H2,1-3H3/b19-16-,28-25-,29-26-,30-27-,37-34-. The van der Waals surface area contributed by atoms with Gasteiger partial charge in [-0.1, -0.05) is 274 Å². The van der Waals surface area contributed by atoms with Crippen molar-refractivity contribution in [1.82, 2.24) is 0 Å². The molecule has 0 aromatic heterocycles. The number of carbonyl (C=O) groups excluding carboxylic acids is 3. The third kappa shape index (κ3) is 61.8. The van der Waals surface area contributed by atoms with Crippen LogP contribution in [-0.2, 0) is 28.6 Å². The molecule has 0 N–H and O–H groups in total. The van der Waals surface area contributed by atoms with Crippen LogP contribution in [0, 0.1) is 0 Å². The quantitative estimate of drug-likeness (QED) is 0.0261. The number of ether oxygens (including phenoxy) is 3. The van der Waals surface area contributed by atoms with Crippen molar-refractivity contribution in [2.45, 2.75) is 348 Å². The average molecular weight is 1050 g/mol. The highest BCUT2D eigenvalue weighted by atomic mass is 16.6. The molecular weight excluding hydrogens is 925 g/mol. The topological polar surface area (TPSA) is 78.9 Å². The summed E-state index contributed by atoms with van der Waals surface area (Å²) in [5.74, 6) is -0.877. The van der Waals surface area contributed by atoms with Gasteiger partial charge < -0.3 is 14.2 Å². The van der Waals surface area contributed by atoms with Crippen LogP contribution in [0.4, 0.5) is 0 Å². The first-order valence-electron chi connectivity index (χ1n) is 32.8. The van der Waals surface area contributed by atoms with E-state index in [0.29, 0.717) is 19.3 Å². The predicted molar refractivity (Wildman–Crippen MR) is 325 cm³/mol. The van der Waals surface area contributed by atoms with E-state index in [4.69, 9.17) is 14.2 Å². The van der Waals surface area contributed by atoms with E-state index in [2.05, 4.69) is 81.5 Å². The lowest BCUT2D eigenvalue weighted by Crippen LogP contribution is -2.30. The van der Waals surface area contributed by atoms with Crippen LogP contribution in [-0.4, -0.2) is 37.2 Å². The number of unbranched alkanes of at least 4 members (excludes halogenated alkanes) is 39. The molecule has 0 saturated carbocycles. The molecule has 0 fully saturated rings. The highest BCUT2D eigenvalue weighted by Crippen LogP contribution is 2.16. The highest BCUT2D eigenvalue weighted by Gasteiger charge is 2.19. The van der Waals surface area contributed by atoms with E-state index in [1.54, 1.807) is 0 Å². The molecule has 0 saturated heterocycles. The minimum Gasteiger partial charge on any atom is -0.462 e. The molecule has 6 nitrogen and oxygen atoms in total. The summed E-state index contributed by atoms with van der Waals surface area (Å²) in [6.45, 7) is 6.64. The second-order valence-corrected chi connectivity index (χ2v) is 22.0. The van der Waals surface area contributed by atoms with Gasteiger partial charge in [-0.2, -0.15) is 0 Å². The zero-order chi connectivity index (χ0) is 54.3. The number of hydrogen-bond acceptors (Lipinski definition) is 6. The largest absolute Gasteiger partial charge is 0.462 e. The zero-order valence-electron chi connectivity index (χ0n) is 50.1. The summed E-state index contributed by atoms with van der Waals surface area (Å²) in [5, 5.41) is 0. The molecule has 0 aromatic rings. The second-order valence-electron chi connectivity index (χ2n) is 22.0. The van der Waals surface area contributed by atoms with E-state index in [-0.39, 0.29) is 31.1 Å². The Morgan fingerprint density at radius 1 is 0.267 bits per heavy atom. The normalized spacial score (nSPS) is 12.4. The molecule has 0 rings (SSSR count). The molecular formula is C69H124O6. The van der Waals surface area contributed by atoms with Crippen molar-refractivity contribution in [2.75, 3.05) is 13.2 Å². The Balaban J connectivity index is 4.38. The predicted octanol–water partition coefficient (Wildman–Crippen LogP) is 22.3. The lowest BCUT2D eigenvalue weighted by Gasteiger charge is -2.18. The molecule has 0 aliphatic carbocycles. The van der Waals surface area contributed by atoms with Crippen molar-refractivity contribution in [1.29, 1.82) is 0 Å². The number of esters is 3. The second kappa shape index (κ2) is 63.6. The van der Waals surface area contributed by atoms with Gasteiger partial charge in [-0.15, -0.1) is 0 Å². The van der Waals surface area contributed by atoms with E-state index in [0.717, 1.165) is 77.0 Å². The van der Waals surface area contributed by atoms with E-state index in [1.807, 2.05) is 0 Å². The fourth-order valence-electron chi connectivity index (χ4n) is 9.50. The molecule has 0 aromatic carbocycles. The maximum atomic E-state index is 12.9. The molecule has 1 atom stereocenters. The Morgan fingerprint density at radius 2 is 0.480 bits per heavy atom. The molecule has 6 heteroatoms. The van der Waals surface area contributed by atoms with Crippen molar-refractivity contribution in [3.05, 3.63) is 60.8 Å². The van der Waals surface area contributed by atoms with Crippen molar-refractivity contribution in [2.24, 2.45) is 0 Å². The summed E-state index contributed by atoms with van der Waals surface area (Å²) >= 11 is 0. The monoisotopic (exact) mass is 1050 g/mol. The molecule has 0 bridgehead atoms. The van der Waals surface area contributed by atoms with Gasteiger partial charge in [-0.25, -0.2) is 0 Å². The van der Waals surface area contributed by atoms with Gasteiger partial charge in [0.05, 0.1) is 0 Å². The Bertz CT molecular complexity index is 1340. The molecule has 0 heterocycles. The first kappa shape index (κ1) is 72.1. The molecule has 1 unspecified atom stereocenters. The fourth-order valence-corrected chi connectivity index (χ4v) is 9.50. The highest BCUT2D eigenvalue weighted by molar-refractivity contribution is 5.71. The van der Waals surface area contributed by atoms with Gasteiger partial charge in [0.1, 0.15) is 13.2 Å². The summed E-state index contributed by atoms with van der Waals surface area (Å²) in [6, 6.07) is 0. The Morgan fingerprint density at radius 3 is 0.787 bits per heavy atom. The molecule has 436 valence electrons. The number of carbonyl (C=O) groups is 3. The minimum atomic E-state index is -0.783. The van der Waals surface area contributed by atoms with E-state index in [9.17, 15) is 14.4 Å². The van der Waals surface area contributed by atoms with Crippen molar-refractivity contribution in [3.63, 3.8) is 0 Å². The SMILES string of the molecule is CCCCC/C=C\C/C=C\C/C=C\CCCCCCCCC(=O)OCC(COC(=O)CCCCCCCCCCC/C=C\CCCCCCCC)OC(=O)CCCCCCCCCCC/C=C\CCCCCCCC. The smallest absolute Gasteiger partial charge is 0.306 e. The van der Waals surface area contributed by atoms with Crippen LogP contribution in [0.3, 0.4) is 0 Å². The summed E-state index contributed by atoms with van der Waals surface area (Å²) in [4.78, 5) is 38.4. The lowest BCUT2D eigenvalue weighted by atomic mass is 10.1. The van der Waals surface area contributed by atoms with Crippen molar-refractivity contribution < 1.29 is 28.6 Å². The molecule has 75 heavy (non-hydrogen) atoms. The van der Waals surface area contributed by atoms with Crippen LogP contribution < -0.4 is 0 Å². The maximum Gasteiger partial charge on any atom is 0.306 e. The molecule has 0 aliphatic heterocycles. The fraction of sp³-hybridized carbons (Fsp3) is 0.812. The summed E-state index contributed by atoms with van der Waals surface area (Å²) in [5.41, 5.74) is 0.